The lowest BCUT2D eigenvalue weighted by atomic mass is 10.1. The topological polar surface area (TPSA) is 140 Å². The van der Waals surface area contributed by atoms with Gasteiger partial charge >= 0.3 is 0 Å². The molecule has 0 aliphatic rings. The summed E-state index contributed by atoms with van der Waals surface area (Å²) in [6.45, 7) is 4.18. The molecule has 3 rings (SSSR count). The van der Waals surface area contributed by atoms with Crippen molar-refractivity contribution in [2.75, 3.05) is 6.54 Å². The Kier molecular flexibility index (Phi) is 13.5. The molecule has 0 heterocycles. The van der Waals surface area contributed by atoms with E-state index in [4.69, 9.17) is 11.1 Å². The van der Waals surface area contributed by atoms with E-state index in [0.29, 0.717) is 30.7 Å². The van der Waals surface area contributed by atoms with Gasteiger partial charge in [-0.1, -0.05) is 92.5 Å². The number of hydrogen-bond donors (Lipinski definition) is 6. The summed E-state index contributed by atoms with van der Waals surface area (Å²) in [7, 11) is 0. The van der Waals surface area contributed by atoms with Gasteiger partial charge in [-0.15, -0.1) is 0 Å². The molecular formula is C29H37N5O3S. The predicted molar refractivity (Wildman–Crippen MR) is 155 cm³/mol. The zero-order valence-corrected chi connectivity index (χ0v) is 22.7. The van der Waals surface area contributed by atoms with Crippen molar-refractivity contribution in [2.24, 2.45) is 5.73 Å². The number of aromatic hydroxyl groups is 1. The van der Waals surface area contributed by atoms with Crippen LogP contribution in [0.1, 0.15) is 42.5 Å². The average Bonchev–Trinajstić information content (AvgIpc) is 2.95. The fraction of sp³-hybridized carbons (Fsp3) is 0.276. The molecule has 3 aromatic rings. The third-order valence-corrected chi connectivity index (χ3v) is 6.39. The second kappa shape index (κ2) is 16.8. The Morgan fingerprint density at radius 2 is 1.53 bits per heavy atom. The number of carbonyl (C=O) groups excluding carboxylic acids is 2. The molecule has 3 aromatic carbocycles. The number of nitrogens with two attached hydrogens (primary N) is 1. The van der Waals surface area contributed by atoms with E-state index in [1.807, 2.05) is 56.3 Å². The molecule has 0 aliphatic heterocycles. The van der Waals surface area contributed by atoms with Crippen molar-refractivity contribution in [2.45, 2.75) is 45.0 Å². The number of aryl methyl sites for hydroxylation is 1. The quantitative estimate of drug-likeness (QED) is 0.112. The number of carbonyl (C=O) groups is 2. The highest BCUT2D eigenvalue weighted by atomic mass is 32.2. The molecule has 0 saturated carbocycles. The first-order valence-electron chi connectivity index (χ1n) is 12.6. The van der Waals surface area contributed by atoms with Crippen molar-refractivity contribution < 1.29 is 14.7 Å². The van der Waals surface area contributed by atoms with E-state index in [2.05, 4.69) is 15.4 Å². The van der Waals surface area contributed by atoms with Gasteiger partial charge in [-0.25, -0.2) is 0 Å². The fourth-order valence-electron chi connectivity index (χ4n) is 3.37. The molecule has 0 fully saturated rings. The summed E-state index contributed by atoms with van der Waals surface area (Å²) in [5.41, 5.74) is 9.09. The van der Waals surface area contributed by atoms with Crippen molar-refractivity contribution >= 4 is 29.6 Å². The van der Waals surface area contributed by atoms with E-state index in [1.165, 1.54) is 11.9 Å². The normalized spacial score (nSPS) is 11.0. The fourth-order valence-corrected chi connectivity index (χ4v) is 4.24. The van der Waals surface area contributed by atoms with Gasteiger partial charge < -0.3 is 21.5 Å². The van der Waals surface area contributed by atoms with Crippen LogP contribution in [0.3, 0.4) is 0 Å². The van der Waals surface area contributed by atoms with Crippen LogP contribution in [0.25, 0.3) is 0 Å². The van der Waals surface area contributed by atoms with Crippen LogP contribution >= 0.6 is 11.9 Å². The number of nitrogen functional groups attached to an aromatic ring is 1. The molecular weight excluding hydrogens is 498 g/mol. The highest BCUT2D eigenvalue weighted by Crippen LogP contribution is 2.15. The SMILES string of the molecule is CC.N=C(N)c1ccc(CNC(=O)CNC(=O)C(CCc2ccccc2)NSCc2ccc(O)cc2)cc1. The number of rotatable bonds is 13. The average molecular weight is 536 g/mol. The number of phenols is 1. The zero-order chi connectivity index (χ0) is 27.8. The zero-order valence-electron chi connectivity index (χ0n) is 21.9. The molecule has 2 amide bonds. The van der Waals surface area contributed by atoms with Gasteiger partial charge in [-0.05, 0) is 41.7 Å². The third-order valence-electron chi connectivity index (χ3n) is 5.46. The summed E-state index contributed by atoms with van der Waals surface area (Å²) in [5, 5.41) is 22.4. The molecule has 0 aliphatic carbocycles. The number of benzene rings is 3. The van der Waals surface area contributed by atoms with E-state index in [-0.39, 0.29) is 29.9 Å². The predicted octanol–water partition coefficient (Wildman–Crippen LogP) is 3.87. The highest BCUT2D eigenvalue weighted by molar-refractivity contribution is 7.96. The van der Waals surface area contributed by atoms with Crippen molar-refractivity contribution in [1.29, 1.82) is 5.41 Å². The standard InChI is InChI=1S/C27H31N5O3S.C2H6/c28-26(29)22-11-6-20(7-12-22)16-30-25(34)17-31-27(35)24(15-10-19-4-2-1-3-5-19)32-36-18-21-8-13-23(33)14-9-21;1-2/h1-9,11-14,24,32-33H,10,15-18H2,(H3,28,29)(H,30,34)(H,31,35);1-2H3. The van der Waals surface area contributed by atoms with Gasteiger partial charge in [0.15, 0.2) is 0 Å². The summed E-state index contributed by atoms with van der Waals surface area (Å²) < 4.78 is 3.23. The van der Waals surface area contributed by atoms with Crippen LogP contribution < -0.4 is 21.1 Å². The molecule has 202 valence electrons. The van der Waals surface area contributed by atoms with E-state index in [0.717, 1.165) is 16.7 Å². The first-order chi connectivity index (χ1) is 18.4. The number of amides is 2. The van der Waals surface area contributed by atoms with Crippen LogP contribution in [0.5, 0.6) is 5.75 Å². The first kappa shape index (κ1) is 30.4. The maximum absolute atomic E-state index is 12.9. The van der Waals surface area contributed by atoms with Gasteiger partial charge in [0, 0.05) is 17.9 Å². The van der Waals surface area contributed by atoms with Crippen molar-refractivity contribution in [3.8, 4) is 5.75 Å². The Morgan fingerprint density at radius 1 is 0.895 bits per heavy atom. The maximum atomic E-state index is 12.9. The second-order valence-corrected chi connectivity index (χ2v) is 9.07. The Bertz CT molecular complexity index is 1140. The van der Waals surface area contributed by atoms with Crippen LogP contribution in [0, 0.1) is 5.41 Å². The van der Waals surface area contributed by atoms with Gasteiger partial charge in [0.05, 0.1) is 12.6 Å². The molecule has 0 spiro atoms. The Balaban J connectivity index is 0.00000247. The van der Waals surface area contributed by atoms with Crippen molar-refractivity contribution in [3.05, 3.63) is 101 Å². The van der Waals surface area contributed by atoms with Gasteiger partial charge in [-0.2, -0.15) is 0 Å². The molecule has 0 bridgehead atoms. The van der Waals surface area contributed by atoms with Crippen molar-refractivity contribution in [1.82, 2.24) is 15.4 Å². The molecule has 0 aromatic heterocycles. The summed E-state index contributed by atoms with van der Waals surface area (Å²) in [6, 6.07) is 23.4. The number of phenolic OH excluding ortho intramolecular Hbond substituents is 1. The lowest BCUT2D eigenvalue weighted by molar-refractivity contribution is -0.127. The smallest absolute Gasteiger partial charge is 0.239 e. The minimum Gasteiger partial charge on any atom is -0.508 e. The molecule has 1 atom stereocenters. The van der Waals surface area contributed by atoms with Crippen LogP contribution in [0.2, 0.25) is 0 Å². The summed E-state index contributed by atoms with van der Waals surface area (Å²) in [4.78, 5) is 25.2. The molecule has 1 unspecified atom stereocenters. The lowest BCUT2D eigenvalue weighted by Crippen LogP contribution is -2.45. The lowest BCUT2D eigenvalue weighted by Gasteiger charge is -2.18. The van der Waals surface area contributed by atoms with E-state index < -0.39 is 6.04 Å². The van der Waals surface area contributed by atoms with Crippen LogP contribution in [0.4, 0.5) is 0 Å². The second-order valence-electron chi connectivity index (χ2n) is 8.25. The van der Waals surface area contributed by atoms with E-state index in [9.17, 15) is 14.7 Å². The maximum Gasteiger partial charge on any atom is 0.239 e. The molecule has 8 nitrogen and oxygen atoms in total. The van der Waals surface area contributed by atoms with Crippen molar-refractivity contribution in [3.63, 3.8) is 0 Å². The number of amidine groups is 1. The van der Waals surface area contributed by atoms with Gasteiger partial charge in [0.1, 0.15) is 11.6 Å². The number of nitrogens with one attached hydrogen (secondary N) is 4. The molecule has 9 heteroatoms. The number of hydrogen-bond acceptors (Lipinski definition) is 6. The van der Waals surface area contributed by atoms with Gasteiger partial charge in [0.25, 0.3) is 0 Å². The monoisotopic (exact) mass is 535 g/mol. The van der Waals surface area contributed by atoms with Crippen LogP contribution in [0.15, 0.2) is 78.9 Å². The molecule has 0 saturated heterocycles. The minimum atomic E-state index is -0.487. The first-order valence-corrected chi connectivity index (χ1v) is 13.6. The van der Waals surface area contributed by atoms with Gasteiger partial charge in [0.2, 0.25) is 11.8 Å². The van der Waals surface area contributed by atoms with Gasteiger partial charge in [-0.3, -0.25) is 19.7 Å². The highest BCUT2D eigenvalue weighted by Gasteiger charge is 2.19. The van der Waals surface area contributed by atoms with Crippen LogP contribution in [-0.2, 0) is 28.3 Å². The summed E-state index contributed by atoms with van der Waals surface area (Å²) >= 11 is 1.41. The van der Waals surface area contributed by atoms with Crippen LogP contribution in [-0.4, -0.2) is 35.3 Å². The minimum absolute atomic E-state index is 0.00930. The summed E-state index contributed by atoms with van der Waals surface area (Å²) in [5.74, 6) is 0.286. The third kappa shape index (κ3) is 11.1. The van der Waals surface area contributed by atoms with E-state index in [1.54, 1.807) is 36.4 Å². The Hall–Kier alpha value is -3.82. The molecule has 0 radical (unpaired) electrons. The molecule has 7 N–H and O–H groups in total. The van der Waals surface area contributed by atoms with E-state index >= 15 is 0 Å². The largest absolute Gasteiger partial charge is 0.508 e. The molecule has 38 heavy (non-hydrogen) atoms. The summed E-state index contributed by atoms with van der Waals surface area (Å²) in [6.07, 6.45) is 1.29. The Labute approximate surface area is 229 Å². The Morgan fingerprint density at radius 3 is 2.16 bits per heavy atom.